The molecule has 0 bridgehead atoms. The summed E-state index contributed by atoms with van der Waals surface area (Å²) < 4.78 is 56.3. The average Bonchev–Trinajstić information content (AvgIpc) is 3.20. The van der Waals surface area contributed by atoms with Crippen LogP contribution in [0.15, 0.2) is 42.7 Å². The van der Waals surface area contributed by atoms with Gasteiger partial charge in [0.25, 0.3) is 0 Å². The minimum Gasteiger partial charge on any atom is -0.406 e. The molecule has 142 valence electrons. The van der Waals surface area contributed by atoms with Crippen molar-refractivity contribution in [3.63, 3.8) is 0 Å². The maximum atomic E-state index is 13.8. The van der Waals surface area contributed by atoms with Crippen LogP contribution in [0.1, 0.15) is 0 Å². The normalized spacial score (nSPS) is 20.1. The van der Waals surface area contributed by atoms with E-state index in [-0.39, 0.29) is 17.4 Å². The van der Waals surface area contributed by atoms with Gasteiger partial charge >= 0.3 is 6.36 Å². The number of alkyl halides is 4. The first-order valence-electron chi connectivity index (χ1n) is 8.21. The molecular formula is C17H15F4N5O. The molecule has 10 heteroatoms. The number of nitrogens with zero attached hydrogens (tertiary/aromatic N) is 3. The maximum Gasteiger partial charge on any atom is 0.573 e. The number of anilines is 1. The number of hydrogen-bond acceptors (Lipinski definition) is 5. The first-order valence-corrected chi connectivity index (χ1v) is 8.21. The van der Waals surface area contributed by atoms with Crippen LogP contribution in [-0.4, -0.2) is 46.0 Å². The average molecular weight is 381 g/mol. The fraction of sp³-hybridized carbons (Fsp3) is 0.294. The fourth-order valence-corrected chi connectivity index (χ4v) is 2.98. The van der Waals surface area contributed by atoms with Crippen molar-refractivity contribution in [2.75, 3.05) is 18.4 Å². The van der Waals surface area contributed by atoms with Gasteiger partial charge in [0, 0.05) is 25.4 Å². The Morgan fingerprint density at radius 2 is 2.07 bits per heavy atom. The van der Waals surface area contributed by atoms with Gasteiger partial charge in [-0.1, -0.05) is 6.07 Å². The highest BCUT2D eigenvalue weighted by atomic mass is 19.4. The Bertz CT molecular complexity index is 958. The minimum atomic E-state index is -4.77. The number of pyridine rings is 2. The molecule has 1 saturated heterocycles. The maximum absolute atomic E-state index is 13.8. The number of rotatable bonds is 4. The largest absolute Gasteiger partial charge is 0.573 e. The van der Waals surface area contributed by atoms with Gasteiger partial charge in [-0.2, -0.15) is 0 Å². The van der Waals surface area contributed by atoms with Crippen molar-refractivity contribution in [3.05, 3.63) is 42.7 Å². The van der Waals surface area contributed by atoms with E-state index < -0.39 is 12.5 Å². The molecule has 2 atom stereocenters. The third-order valence-corrected chi connectivity index (χ3v) is 4.20. The zero-order valence-electron chi connectivity index (χ0n) is 13.9. The van der Waals surface area contributed by atoms with Gasteiger partial charge in [0.1, 0.15) is 23.4 Å². The summed E-state index contributed by atoms with van der Waals surface area (Å²) in [5.74, 6) is 0.161. The smallest absolute Gasteiger partial charge is 0.406 e. The monoisotopic (exact) mass is 381 g/mol. The van der Waals surface area contributed by atoms with Crippen molar-refractivity contribution < 1.29 is 22.3 Å². The van der Waals surface area contributed by atoms with Crippen LogP contribution in [0.3, 0.4) is 0 Å². The quantitative estimate of drug-likeness (QED) is 0.681. The van der Waals surface area contributed by atoms with Crippen LogP contribution in [0, 0.1) is 0 Å². The van der Waals surface area contributed by atoms with Gasteiger partial charge in [0.2, 0.25) is 0 Å². The van der Waals surface area contributed by atoms with Crippen molar-refractivity contribution in [1.82, 2.24) is 19.7 Å². The standard InChI is InChI=1S/C17H15F4N5O/c18-11-7-22-8-13(11)25-15-3-1-2-12(24-15)14-9-23-16-6-10(4-5-26(14)16)27-17(19,20)21/h1-6,9,11,13,22H,7-8H2,(H,24,25)/t11-,13-/m0/s1. The van der Waals surface area contributed by atoms with E-state index in [0.29, 0.717) is 30.3 Å². The molecule has 3 aromatic rings. The summed E-state index contributed by atoms with van der Waals surface area (Å²) >= 11 is 0. The predicted molar refractivity (Wildman–Crippen MR) is 90.3 cm³/mol. The Labute approximate surface area is 151 Å². The van der Waals surface area contributed by atoms with Crippen LogP contribution in [0.25, 0.3) is 17.0 Å². The van der Waals surface area contributed by atoms with Crippen molar-refractivity contribution in [2.45, 2.75) is 18.6 Å². The van der Waals surface area contributed by atoms with Crippen LogP contribution >= 0.6 is 0 Å². The van der Waals surface area contributed by atoms with Crippen molar-refractivity contribution in [1.29, 1.82) is 0 Å². The second-order valence-corrected chi connectivity index (χ2v) is 6.12. The molecule has 0 unspecified atom stereocenters. The molecule has 1 aliphatic heterocycles. The Hall–Kier alpha value is -2.88. The third kappa shape index (κ3) is 3.80. The van der Waals surface area contributed by atoms with Crippen molar-refractivity contribution in [2.24, 2.45) is 0 Å². The van der Waals surface area contributed by atoms with E-state index in [1.807, 2.05) is 0 Å². The van der Waals surface area contributed by atoms with Crippen LogP contribution < -0.4 is 15.4 Å². The third-order valence-electron chi connectivity index (χ3n) is 4.20. The molecule has 0 aliphatic carbocycles. The van der Waals surface area contributed by atoms with E-state index in [0.717, 1.165) is 0 Å². The summed E-state index contributed by atoms with van der Waals surface area (Å²) in [5.41, 5.74) is 1.43. The van der Waals surface area contributed by atoms with Crippen LogP contribution in [-0.2, 0) is 0 Å². The number of fused-ring (bicyclic) bond motifs is 1. The highest BCUT2D eigenvalue weighted by Crippen LogP contribution is 2.26. The molecule has 6 nitrogen and oxygen atoms in total. The molecule has 0 aromatic carbocycles. The summed E-state index contributed by atoms with van der Waals surface area (Å²) in [7, 11) is 0. The highest BCUT2D eigenvalue weighted by Gasteiger charge is 2.31. The zero-order chi connectivity index (χ0) is 19.0. The van der Waals surface area contributed by atoms with Crippen LogP contribution in [0.4, 0.5) is 23.4 Å². The van der Waals surface area contributed by atoms with Crippen LogP contribution in [0.2, 0.25) is 0 Å². The molecule has 27 heavy (non-hydrogen) atoms. The lowest BCUT2D eigenvalue weighted by atomic mass is 10.2. The van der Waals surface area contributed by atoms with E-state index in [2.05, 4.69) is 25.3 Å². The first kappa shape index (κ1) is 17.5. The Balaban J connectivity index is 1.61. The summed E-state index contributed by atoms with van der Waals surface area (Å²) in [6.45, 7) is 0.803. The number of nitrogens with one attached hydrogen (secondary N) is 2. The summed E-state index contributed by atoms with van der Waals surface area (Å²) in [6.07, 6.45) is -2.83. The van der Waals surface area contributed by atoms with E-state index >= 15 is 0 Å². The van der Waals surface area contributed by atoms with Gasteiger partial charge in [-0.15, -0.1) is 13.2 Å². The zero-order valence-corrected chi connectivity index (χ0v) is 13.9. The van der Waals surface area contributed by atoms with Gasteiger partial charge in [-0.3, -0.25) is 4.40 Å². The molecule has 0 radical (unpaired) electrons. The molecule has 1 fully saturated rings. The number of hydrogen-bond donors (Lipinski definition) is 2. The Morgan fingerprint density at radius 1 is 1.22 bits per heavy atom. The SMILES string of the molecule is F[C@H]1CNC[C@@H]1Nc1cccc(-c2cnc3cc(OC(F)(F)F)ccn23)n1. The predicted octanol–water partition coefficient (Wildman–Crippen LogP) is 3.02. The lowest BCUT2D eigenvalue weighted by Crippen LogP contribution is -2.29. The van der Waals surface area contributed by atoms with Crippen molar-refractivity contribution >= 4 is 11.5 Å². The molecule has 0 amide bonds. The van der Waals surface area contributed by atoms with E-state index in [1.54, 1.807) is 22.6 Å². The summed E-state index contributed by atoms with van der Waals surface area (Å²) in [4.78, 5) is 8.58. The molecule has 4 rings (SSSR count). The number of aromatic nitrogens is 3. The molecule has 4 heterocycles. The minimum absolute atomic E-state index is 0.288. The van der Waals surface area contributed by atoms with E-state index in [1.165, 1.54) is 24.5 Å². The molecular weight excluding hydrogens is 366 g/mol. The second kappa shape index (κ2) is 6.69. The fourth-order valence-electron chi connectivity index (χ4n) is 2.98. The van der Waals surface area contributed by atoms with Gasteiger partial charge < -0.3 is 15.4 Å². The molecule has 2 N–H and O–H groups in total. The molecule has 0 saturated carbocycles. The first-order chi connectivity index (χ1) is 12.9. The lowest BCUT2D eigenvalue weighted by Gasteiger charge is -2.15. The molecule has 0 spiro atoms. The Kier molecular flexibility index (Phi) is 4.34. The topological polar surface area (TPSA) is 63.5 Å². The highest BCUT2D eigenvalue weighted by molar-refractivity contribution is 5.63. The van der Waals surface area contributed by atoms with Gasteiger partial charge in [0.15, 0.2) is 0 Å². The van der Waals surface area contributed by atoms with Crippen molar-refractivity contribution in [3.8, 4) is 17.1 Å². The molecule has 3 aromatic heterocycles. The number of ether oxygens (including phenoxy) is 1. The van der Waals surface area contributed by atoms with E-state index in [9.17, 15) is 17.6 Å². The summed E-state index contributed by atoms with van der Waals surface area (Å²) in [6, 6.07) is 7.27. The molecule has 1 aliphatic rings. The Morgan fingerprint density at radius 3 is 2.81 bits per heavy atom. The van der Waals surface area contributed by atoms with Gasteiger partial charge in [-0.25, -0.2) is 14.4 Å². The number of halogens is 4. The van der Waals surface area contributed by atoms with Crippen LogP contribution in [0.5, 0.6) is 5.75 Å². The second-order valence-electron chi connectivity index (χ2n) is 6.12. The number of imidazole rings is 1. The van der Waals surface area contributed by atoms with Gasteiger partial charge in [0.05, 0.1) is 23.6 Å². The van der Waals surface area contributed by atoms with Gasteiger partial charge in [-0.05, 0) is 18.2 Å². The lowest BCUT2D eigenvalue weighted by molar-refractivity contribution is -0.274. The summed E-state index contributed by atoms with van der Waals surface area (Å²) in [5, 5.41) is 6.01. The van der Waals surface area contributed by atoms with E-state index in [4.69, 9.17) is 0 Å².